The lowest BCUT2D eigenvalue weighted by Crippen LogP contribution is -2.42. The third-order valence-electron chi connectivity index (χ3n) is 4.55. The van der Waals surface area contributed by atoms with Crippen LogP contribution in [0.2, 0.25) is 0 Å². The van der Waals surface area contributed by atoms with Crippen LogP contribution < -0.4 is 10.1 Å². The number of carbonyl (C=O) groups is 1. The lowest BCUT2D eigenvalue weighted by molar-refractivity contribution is -0.274. The molecule has 2 aromatic carbocycles. The molecule has 1 fully saturated rings. The molecule has 144 valence electrons. The van der Waals surface area contributed by atoms with Crippen molar-refractivity contribution in [1.29, 1.82) is 0 Å². The highest BCUT2D eigenvalue weighted by atomic mass is 19.4. The number of nitrogens with zero attached hydrogens (tertiary/aromatic N) is 1. The lowest BCUT2D eigenvalue weighted by atomic mass is 10.1. The number of amides is 1. The van der Waals surface area contributed by atoms with Crippen molar-refractivity contribution in [2.75, 3.05) is 6.54 Å². The summed E-state index contributed by atoms with van der Waals surface area (Å²) in [7, 11) is 0. The van der Waals surface area contributed by atoms with Crippen LogP contribution in [0.4, 0.5) is 13.2 Å². The van der Waals surface area contributed by atoms with Crippen molar-refractivity contribution >= 4 is 5.91 Å². The number of rotatable bonds is 6. The summed E-state index contributed by atoms with van der Waals surface area (Å²) in [6.45, 7) is 1.48. The minimum absolute atomic E-state index is 0.0131. The standard InChI is InChI=1S/C20H21F3N2O2/c21-20(22,23)27-18-11-5-4-9-16(18)13-24-19(26)17-10-6-12-25(17)14-15-7-2-1-3-8-15/h1-5,7-9,11,17H,6,10,12-14H2,(H,24,26). The fourth-order valence-corrected chi connectivity index (χ4v) is 3.30. The highest BCUT2D eigenvalue weighted by Gasteiger charge is 2.33. The van der Waals surface area contributed by atoms with Crippen LogP contribution >= 0.6 is 0 Å². The highest BCUT2D eigenvalue weighted by molar-refractivity contribution is 5.82. The van der Waals surface area contributed by atoms with Crippen molar-refractivity contribution in [3.8, 4) is 5.75 Å². The first-order valence-corrected chi connectivity index (χ1v) is 8.82. The summed E-state index contributed by atoms with van der Waals surface area (Å²) in [5.74, 6) is -0.469. The van der Waals surface area contributed by atoms with Crippen molar-refractivity contribution in [2.24, 2.45) is 0 Å². The average Bonchev–Trinajstić information content (AvgIpc) is 3.08. The molecule has 0 saturated carbocycles. The monoisotopic (exact) mass is 378 g/mol. The molecule has 3 rings (SSSR count). The number of benzene rings is 2. The molecular formula is C20H21F3N2O2. The molecule has 1 amide bonds. The molecular weight excluding hydrogens is 357 g/mol. The van der Waals surface area contributed by atoms with Crippen LogP contribution in [0.5, 0.6) is 5.75 Å². The minimum atomic E-state index is -4.77. The Labute approximate surface area is 155 Å². The van der Waals surface area contributed by atoms with Crippen molar-refractivity contribution < 1.29 is 22.7 Å². The zero-order chi connectivity index (χ0) is 19.3. The Kier molecular flexibility index (Phi) is 6.01. The maximum absolute atomic E-state index is 12.6. The van der Waals surface area contributed by atoms with Gasteiger partial charge in [-0.3, -0.25) is 9.69 Å². The van der Waals surface area contributed by atoms with Gasteiger partial charge in [-0.25, -0.2) is 0 Å². The summed E-state index contributed by atoms with van der Waals surface area (Å²) in [4.78, 5) is 14.7. The number of ether oxygens (including phenoxy) is 1. The van der Waals surface area contributed by atoms with Crippen LogP contribution in [0, 0.1) is 0 Å². The molecule has 1 atom stereocenters. The molecule has 0 aromatic heterocycles. The topological polar surface area (TPSA) is 41.6 Å². The first kappa shape index (κ1) is 19.2. The van der Waals surface area contributed by atoms with Gasteiger partial charge in [-0.2, -0.15) is 0 Å². The first-order valence-electron chi connectivity index (χ1n) is 8.82. The third-order valence-corrected chi connectivity index (χ3v) is 4.55. The Morgan fingerprint density at radius 2 is 1.81 bits per heavy atom. The van der Waals surface area contributed by atoms with Gasteiger partial charge in [0.15, 0.2) is 0 Å². The van der Waals surface area contributed by atoms with Crippen LogP contribution in [0.15, 0.2) is 54.6 Å². The quantitative estimate of drug-likeness (QED) is 0.830. The lowest BCUT2D eigenvalue weighted by Gasteiger charge is -2.24. The summed E-state index contributed by atoms with van der Waals surface area (Å²) in [5, 5.41) is 2.75. The second kappa shape index (κ2) is 8.43. The summed E-state index contributed by atoms with van der Waals surface area (Å²) >= 11 is 0. The van der Waals surface area contributed by atoms with Crippen LogP contribution in [0.3, 0.4) is 0 Å². The predicted octanol–water partition coefficient (Wildman–Crippen LogP) is 3.87. The molecule has 0 spiro atoms. The van der Waals surface area contributed by atoms with Gasteiger partial charge in [0.05, 0.1) is 6.04 Å². The number of carbonyl (C=O) groups excluding carboxylic acids is 1. The Morgan fingerprint density at radius 1 is 1.11 bits per heavy atom. The Balaban J connectivity index is 1.60. The average molecular weight is 378 g/mol. The molecule has 4 nitrogen and oxygen atoms in total. The molecule has 1 saturated heterocycles. The zero-order valence-electron chi connectivity index (χ0n) is 14.7. The SMILES string of the molecule is O=C(NCc1ccccc1OC(F)(F)F)C1CCCN1Cc1ccccc1. The molecule has 27 heavy (non-hydrogen) atoms. The number of likely N-dealkylation sites (tertiary alicyclic amines) is 1. The number of para-hydroxylation sites is 1. The Hall–Kier alpha value is -2.54. The zero-order valence-corrected chi connectivity index (χ0v) is 14.7. The van der Waals surface area contributed by atoms with Crippen molar-refractivity contribution in [3.05, 3.63) is 65.7 Å². The van der Waals surface area contributed by atoms with Gasteiger partial charge in [0.1, 0.15) is 5.75 Å². The summed E-state index contributed by atoms with van der Waals surface area (Å²) in [6.07, 6.45) is -3.11. The van der Waals surface area contributed by atoms with Crippen LogP contribution in [-0.4, -0.2) is 29.8 Å². The van der Waals surface area contributed by atoms with Gasteiger partial charge in [0.25, 0.3) is 0 Å². The number of hydrogen-bond donors (Lipinski definition) is 1. The van der Waals surface area contributed by atoms with Gasteiger partial charge in [-0.1, -0.05) is 48.5 Å². The van der Waals surface area contributed by atoms with E-state index < -0.39 is 6.36 Å². The molecule has 7 heteroatoms. The minimum Gasteiger partial charge on any atom is -0.405 e. The summed E-state index contributed by atoms with van der Waals surface area (Å²) in [5.41, 5.74) is 1.41. The van der Waals surface area contributed by atoms with E-state index in [0.29, 0.717) is 6.54 Å². The fraction of sp³-hybridized carbons (Fsp3) is 0.350. The fourth-order valence-electron chi connectivity index (χ4n) is 3.30. The van der Waals surface area contributed by atoms with Gasteiger partial charge in [0.2, 0.25) is 5.91 Å². The van der Waals surface area contributed by atoms with Gasteiger partial charge in [-0.15, -0.1) is 13.2 Å². The molecule has 1 unspecified atom stereocenters. The van der Waals surface area contributed by atoms with E-state index in [-0.39, 0.29) is 29.8 Å². The number of alkyl halides is 3. The maximum Gasteiger partial charge on any atom is 0.573 e. The number of halogens is 3. The largest absolute Gasteiger partial charge is 0.573 e. The van der Waals surface area contributed by atoms with E-state index >= 15 is 0 Å². The van der Waals surface area contributed by atoms with Gasteiger partial charge >= 0.3 is 6.36 Å². The molecule has 2 aromatic rings. The predicted molar refractivity (Wildman–Crippen MR) is 94.8 cm³/mol. The molecule has 1 N–H and O–H groups in total. The van der Waals surface area contributed by atoms with Gasteiger partial charge < -0.3 is 10.1 Å². The molecule has 1 aliphatic heterocycles. The van der Waals surface area contributed by atoms with Crippen molar-refractivity contribution in [2.45, 2.75) is 38.3 Å². The second-order valence-electron chi connectivity index (χ2n) is 6.49. The molecule has 0 aliphatic carbocycles. The number of nitrogens with one attached hydrogen (secondary N) is 1. The number of hydrogen-bond acceptors (Lipinski definition) is 3. The van der Waals surface area contributed by atoms with E-state index in [1.165, 1.54) is 18.2 Å². The van der Waals surface area contributed by atoms with E-state index in [9.17, 15) is 18.0 Å². The molecule has 1 heterocycles. The normalized spacial score (nSPS) is 17.7. The van der Waals surface area contributed by atoms with E-state index in [1.807, 2.05) is 30.3 Å². The Bertz CT molecular complexity index is 765. The molecule has 1 aliphatic rings. The second-order valence-corrected chi connectivity index (χ2v) is 6.49. The maximum atomic E-state index is 12.6. The van der Waals surface area contributed by atoms with Crippen LogP contribution in [0.1, 0.15) is 24.0 Å². The Morgan fingerprint density at radius 3 is 2.56 bits per heavy atom. The third kappa shape index (κ3) is 5.47. The van der Waals surface area contributed by atoms with Crippen LogP contribution in [0.25, 0.3) is 0 Å². The van der Waals surface area contributed by atoms with Crippen molar-refractivity contribution in [1.82, 2.24) is 10.2 Å². The smallest absolute Gasteiger partial charge is 0.405 e. The van der Waals surface area contributed by atoms with E-state index in [2.05, 4.69) is 15.0 Å². The van der Waals surface area contributed by atoms with Crippen molar-refractivity contribution in [3.63, 3.8) is 0 Å². The summed E-state index contributed by atoms with van der Waals surface area (Å²) in [6, 6.07) is 15.4. The van der Waals surface area contributed by atoms with Gasteiger partial charge in [-0.05, 0) is 31.0 Å². The van der Waals surface area contributed by atoms with E-state index in [1.54, 1.807) is 6.07 Å². The van der Waals surface area contributed by atoms with Crippen LogP contribution in [-0.2, 0) is 17.9 Å². The highest BCUT2D eigenvalue weighted by Crippen LogP contribution is 2.26. The molecule has 0 radical (unpaired) electrons. The van der Waals surface area contributed by atoms with E-state index in [4.69, 9.17) is 0 Å². The summed E-state index contributed by atoms with van der Waals surface area (Å²) < 4.78 is 41.6. The first-order chi connectivity index (χ1) is 12.9. The van der Waals surface area contributed by atoms with E-state index in [0.717, 1.165) is 24.9 Å². The molecule has 0 bridgehead atoms. The van der Waals surface area contributed by atoms with Gasteiger partial charge in [0, 0.05) is 18.7 Å².